The summed E-state index contributed by atoms with van der Waals surface area (Å²) in [7, 11) is 1.65. The highest BCUT2D eigenvalue weighted by Crippen LogP contribution is 2.40. The summed E-state index contributed by atoms with van der Waals surface area (Å²) >= 11 is 0. The quantitative estimate of drug-likeness (QED) is 0.918. The Balaban J connectivity index is 2.25. The monoisotopic (exact) mass is 258 g/mol. The van der Waals surface area contributed by atoms with Crippen LogP contribution in [-0.4, -0.2) is 27.7 Å². The van der Waals surface area contributed by atoms with Gasteiger partial charge in [-0.05, 0) is 32.8 Å². The second-order valence-electron chi connectivity index (χ2n) is 5.37. The molecule has 1 amide bonds. The number of pyridine rings is 1. The Hall–Kier alpha value is -1.91. The molecule has 0 atom stereocenters. The number of nitrogens with one attached hydrogen (secondary N) is 1. The summed E-state index contributed by atoms with van der Waals surface area (Å²) in [5.74, 6) is 0.445. The number of hydrogen-bond acceptors (Lipinski definition) is 3. The summed E-state index contributed by atoms with van der Waals surface area (Å²) < 4.78 is 1.88. The summed E-state index contributed by atoms with van der Waals surface area (Å²) in [6.07, 6.45) is 4.08. The fourth-order valence-electron chi connectivity index (χ4n) is 2.33. The van der Waals surface area contributed by atoms with Crippen molar-refractivity contribution in [2.24, 2.45) is 0 Å². The molecule has 1 fully saturated rings. The lowest BCUT2D eigenvalue weighted by Crippen LogP contribution is -2.18. The molecular weight excluding hydrogens is 240 g/mol. The molecule has 0 saturated heterocycles. The highest BCUT2D eigenvalue weighted by atomic mass is 16.1. The van der Waals surface area contributed by atoms with Crippen molar-refractivity contribution < 1.29 is 4.79 Å². The fourth-order valence-corrected chi connectivity index (χ4v) is 2.33. The van der Waals surface area contributed by atoms with E-state index >= 15 is 0 Å². The van der Waals surface area contributed by atoms with Crippen molar-refractivity contribution in [2.45, 2.75) is 38.6 Å². The van der Waals surface area contributed by atoms with Gasteiger partial charge in [-0.2, -0.15) is 5.10 Å². The van der Waals surface area contributed by atoms with E-state index in [2.05, 4.69) is 24.3 Å². The molecule has 2 heterocycles. The SMILES string of the molecule is CNC(=O)c1cc(C2CC2)nc2c1cnn2C(C)C. The predicted molar refractivity (Wildman–Crippen MR) is 73.3 cm³/mol. The standard InChI is InChI=1S/C14H18N4O/c1-8(2)18-13-11(7-16-18)10(14(19)15-3)6-12(17-13)9-4-5-9/h6-9H,4-5H2,1-3H3,(H,15,19). The second-order valence-corrected chi connectivity index (χ2v) is 5.37. The van der Waals surface area contributed by atoms with Gasteiger partial charge in [0.05, 0.1) is 17.1 Å². The zero-order chi connectivity index (χ0) is 13.6. The van der Waals surface area contributed by atoms with E-state index in [1.54, 1.807) is 13.2 Å². The molecule has 0 bridgehead atoms. The van der Waals surface area contributed by atoms with Crippen molar-refractivity contribution in [2.75, 3.05) is 7.05 Å². The second kappa shape index (κ2) is 4.33. The van der Waals surface area contributed by atoms with Gasteiger partial charge in [0.25, 0.3) is 5.91 Å². The molecule has 19 heavy (non-hydrogen) atoms. The van der Waals surface area contributed by atoms with E-state index in [1.165, 1.54) is 12.8 Å². The van der Waals surface area contributed by atoms with Crippen LogP contribution in [0.15, 0.2) is 12.3 Å². The molecule has 1 aliphatic rings. The number of hydrogen-bond donors (Lipinski definition) is 1. The number of fused-ring (bicyclic) bond motifs is 1. The van der Waals surface area contributed by atoms with Gasteiger partial charge < -0.3 is 5.32 Å². The van der Waals surface area contributed by atoms with Crippen LogP contribution in [0.25, 0.3) is 11.0 Å². The van der Waals surface area contributed by atoms with Gasteiger partial charge in [0, 0.05) is 24.7 Å². The Morgan fingerprint density at radius 3 is 2.79 bits per heavy atom. The normalized spacial score (nSPS) is 15.2. The third kappa shape index (κ3) is 1.99. The first-order valence-corrected chi connectivity index (χ1v) is 6.72. The van der Waals surface area contributed by atoms with Gasteiger partial charge in [0.2, 0.25) is 0 Å². The van der Waals surface area contributed by atoms with Crippen LogP contribution in [-0.2, 0) is 0 Å². The Morgan fingerprint density at radius 1 is 1.47 bits per heavy atom. The molecule has 2 aromatic heterocycles. The maximum Gasteiger partial charge on any atom is 0.251 e. The van der Waals surface area contributed by atoms with Crippen LogP contribution in [0.2, 0.25) is 0 Å². The van der Waals surface area contributed by atoms with Crippen LogP contribution in [0.4, 0.5) is 0 Å². The summed E-state index contributed by atoms with van der Waals surface area (Å²) in [4.78, 5) is 16.7. The van der Waals surface area contributed by atoms with E-state index in [9.17, 15) is 4.79 Å². The maximum absolute atomic E-state index is 12.0. The van der Waals surface area contributed by atoms with E-state index in [4.69, 9.17) is 4.98 Å². The molecule has 5 nitrogen and oxygen atoms in total. The third-order valence-electron chi connectivity index (χ3n) is 3.54. The fraction of sp³-hybridized carbons (Fsp3) is 0.500. The first kappa shape index (κ1) is 12.1. The van der Waals surface area contributed by atoms with E-state index in [0.717, 1.165) is 16.7 Å². The summed E-state index contributed by atoms with van der Waals surface area (Å²) in [5.41, 5.74) is 2.52. The molecule has 5 heteroatoms. The molecule has 1 aliphatic carbocycles. The van der Waals surface area contributed by atoms with Crippen LogP contribution in [0.3, 0.4) is 0 Å². The molecule has 100 valence electrons. The van der Waals surface area contributed by atoms with Crippen molar-refractivity contribution in [3.8, 4) is 0 Å². The molecule has 0 unspecified atom stereocenters. The Bertz CT molecular complexity index is 640. The largest absolute Gasteiger partial charge is 0.355 e. The molecule has 2 aromatic rings. The maximum atomic E-state index is 12.0. The van der Waals surface area contributed by atoms with Crippen molar-refractivity contribution in [1.29, 1.82) is 0 Å². The van der Waals surface area contributed by atoms with Gasteiger partial charge in [0.1, 0.15) is 0 Å². The summed E-state index contributed by atoms with van der Waals surface area (Å²) in [5, 5.41) is 7.89. The average Bonchev–Trinajstić information content (AvgIpc) is 3.16. The summed E-state index contributed by atoms with van der Waals surface area (Å²) in [6.45, 7) is 4.13. The Kier molecular flexibility index (Phi) is 2.77. The van der Waals surface area contributed by atoms with Crippen molar-refractivity contribution in [3.63, 3.8) is 0 Å². The highest BCUT2D eigenvalue weighted by molar-refractivity contribution is 6.05. The zero-order valence-electron chi connectivity index (χ0n) is 11.5. The molecule has 1 saturated carbocycles. The Morgan fingerprint density at radius 2 is 2.21 bits per heavy atom. The van der Waals surface area contributed by atoms with Crippen LogP contribution in [0.5, 0.6) is 0 Å². The van der Waals surface area contributed by atoms with E-state index in [0.29, 0.717) is 11.5 Å². The van der Waals surface area contributed by atoms with Crippen molar-refractivity contribution >= 4 is 16.9 Å². The van der Waals surface area contributed by atoms with Gasteiger partial charge in [-0.15, -0.1) is 0 Å². The predicted octanol–water partition coefficient (Wildman–Crippen LogP) is 2.25. The molecule has 0 aliphatic heterocycles. The van der Waals surface area contributed by atoms with Crippen LogP contribution in [0, 0.1) is 0 Å². The molecule has 0 spiro atoms. The van der Waals surface area contributed by atoms with Crippen LogP contribution >= 0.6 is 0 Å². The lowest BCUT2D eigenvalue weighted by molar-refractivity contribution is 0.0964. The zero-order valence-corrected chi connectivity index (χ0v) is 11.5. The lowest BCUT2D eigenvalue weighted by Gasteiger charge is -2.09. The van der Waals surface area contributed by atoms with Gasteiger partial charge in [0.15, 0.2) is 5.65 Å². The first-order valence-electron chi connectivity index (χ1n) is 6.72. The topological polar surface area (TPSA) is 59.8 Å². The highest BCUT2D eigenvalue weighted by Gasteiger charge is 2.28. The number of rotatable bonds is 3. The van der Waals surface area contributed by atoms with Gasteiger partial charge in [-0.25, -0.2) is 9.67 Å². The van der Waals surface area contributed by atoms with E-state index in [-0.39, 0.29) is 11.9 Å². The summed E-state index contributed by atoms with van der Waals surface area (Å²) in [6, 6.07) is 2.16. The number of carbonyl (C=O) groups is 1. The van der Waals surface area contributed by atoms with Crippen LogP contribution < -0.4 is 5.32 Å². The average molecular weight is 258 g/mol. The van der Waals surface area contributed by atoms with Crippen molar-refractivity contribution in [1.82, 2.24) is 20.1 Å². The number of amides is 1. The number of carbonyl (C=O) groups excluding carboxylic acids is 1. The molecule has 0 radical (unpaired) electrons. The third-order valence-corrected chi connectivity index (χ3v) is 3.54. The minimum Gasteiger partial charge on any atom is -0.355 e. The van der Waals surface area contributed by atoms with E-state index < -0.39 is 0 Å². The smallest absolute Gasteiger partial charge is 0.251 e. The Labute approximate surface area is 112 Å². The molecule has 1 N–H and O–H groups in total. The molecule has 3 rings (SSSR count). The van der Waals surface area contributed by atoms with E-state index in [1.807, 2.05) is 10.7 Å². The first-order chi connectivity index (χ1) is 9.11. The lowest BCUT2D eigenvalue weighted by atomic mass is 10.1. The van der Waals surface area contributed by atoms with Gasteiger partial charge in [-0.3, -0.25) is 4.79 Å². The minimum absolute atomic E-state index is 0.0717. The van der Waals surface area contributed by atoms with Crippen molar-refractivity contribution in [3.05, 3.63) is 23.5 Å². The minimum atomic E-state index is -0.0717. The molecular formula is C14H18N4O. The van der Waals surface area contributed by atoms with Gasteiger partial charge in [-0.1, -0.05) is 0 Å². The number of nitrogens with zero attached hydrogens (tertiary/aromatic N) is 3. The van der Waals surface area contributed by atoms with Crippen LogP contribution in [0.1, 0.15) is 54.7 Å². The molecule has 0 aromatic carbocycles. The van der Waals surface area contributed by atoms with Gasteiger partial charge >= 0.3 is 0 Å². The number of aromatic nitrogens is 3.